The maximum absolute atomic E-state index is 12.2. The minimum Gasteiger partial charge on any atom is -0.454 e. The van der Waals surface area contributed by atoms with E-state index in [1.54, 1.807) is 12.1 Å². The highest BCUT2D eigenvalue weighted by Gasteiger charge is 2.12. The Morgan fingerprint density at radius 1 is 1.04 bits per heavy atom. The number of anilines is 3. The van der Waals surface area contributed by atoms with Crippen molar-refractivity contribution in [2.24, 2.45) is 0 Å². The summed E-state index contributed by atoms with van der Waals surface area (Å²) < 4.78 is 5.30. The first-order chi connectivity index (χ1) is 12.5. The second-order valence-electron chi connectivity index (χ2n) is 5.82. The summed E-state index contributed by atoms with van der Waals surface area (Å²) in [6.07, 6.45) is 0. The van der Waals surface area contributed by atoms with Gasteiger partial charge in [0.2, 0.25) is 11.9 Å². The molecule has 0 spiro atoms. The highest BCUT2D eigenvalue weighted by Crippen LogP contribution is 2.15. The summed E-state index contributed by atoms with van der Waals surface area (Å²) in [6.45, 7) is 3.76. The lowest BCUT2D eigenvalue weighted by molar-refractivity contribution is 0.0461. The molecule has 0 bridgehead atoms. The van der Waals surface area contributed by atoms with Gasteiger partial charge in [-0.1, -0.05) is 35.9 Å². The van der Waals surface area contributed by atoms with Gasteiger partial charge in [0.1, 0.15) is 0 Å². The van der Waals surface area contributed by atoms with Crippen LogP contribution in [0.3, 0.4) is 0 Å². The van der Waals surface area contributed by atoms with Crippen LogP contribution in [0, 0.1) is 13.8 Å². The van der Waals surface area contributed by atoms with Gasteiger partial charge in [0.25, 0.3) is 0 Å². The predicted molar refractivity (Wildman–Crippen MR) is 99.0 cm³/mol. The van der Waals surface area contributed by atoms with Gasteiger partial charge in [0.15, 0.2) is 12.4 Å². The Morgan fingerprint density at radius 3 is 2.50 bits per heavy atom. The standard InChI is InChI=1S/C19H19N5O2/c1-12-7-9-14(10-8-12)21-19-23-16(22-18(20)24-19)11-26-17(25)15-6-4-3-5-13(15)2/h3-10H,11H2,1-2H3,(H3,20,21,22,23,24). The van der Waals surface area contributed by atoms with E-state index in [1.807, 2.05) is 50.2 Å². The van der Waals surface area contributed by atoms with Gasteiger partial charge in [0.05, 0.1) is 5.56 Å². The monoisotopic (exact) mass is 349 g/mol. The van der Waals surface area contributed by atoms with E-state index in [0.717, 1.165) is 16.8 Å². The molecule has 2 aromatic carbocycles. The zero-order chi connectivity index (χ0) is 18.5. The van der Waals surface area contributed by atoms with E-state index in [2.05, 4.69) is 20.3 Å². The maximum Gasteiger partial charge on any atom is 0.338 e. The van der Waals surface area contributed by atoms with Gasteiger partial charge < -0.3 is 15.8 Å². The number of esters is 1. The first kappa shape index (κ1) is 17.3. The molecule has 0 atom stereocenters. The second kappa shape index (κ2) is 7.60. The van der Waals surface area contributed by atoms with Crippen molar-refractivity contribution < 1.29 is 9.53 Å². The molecular weight excluding hydrogens is 330 g/mol. The van der Waals surface area contributed by atoms with Crippen molar-refractivity contribution in [3.63, 3.8) is 0 Å². The van der Waals surface area contributed by atoms with Gasteiger partial charge in [-0.25, -0.2) is 4.79 Å². The van der Waals surface area contributed by atoms with Crippen LogP contribution in [0.5, 0.6) is 0 Å². The van der Waals surface area contributed by atoms with Crippen molar-refractivity contribution in [2.75, 3.05) is 11.1 Å². The molecule has 0 radical (unpaired) electrons. The number of benzene rings is 2. The van der Waals surface area contributed by atoms with Crippen molar-refractivity contribution in [3.8, 4) is 0 Å². The number of hydrogen-bond donors (Lipinski definition) is 2. The minimum absolute atomic E-state index is 0.0524. The molecule has 3 N–H and O–H groups in total. The molecule has 0 saturated heterocycles. The number of carbonyl (C=O) groups excluding carboxylic acids is 1. The quantitative estimate of drug-likeness (QED) is 0.682. The third-order valence-electron chi connectivity index (χ3n) is 3.70. The molecule has 1 heterocycles. The molecule has 132 valence electrons. The maximum atomic E-state index is 12.2. The molecule has 0 aliphatic carbocycles. The summed E-state index contributed by atoms with van der Waals surface area (Å²) in [7, 11) is 0. The van der Waals surface area contributed by atoms with E-state index in [4.69, 9.17) is 10.5 Å². The van der Waals surface area contributed by atoms with Crippen LogP contribution in [0.2, 0.25) is 0 Å². The van der Waals surface area contributed by atoms with Crippen LogP contribution in [-0.4, -0.2) is 20.9 Å². The van der Waals surface area contributed by atoms with Gasteiger partial charge in [-0.2, -0.15) is 15.0 Å². The van der Waals surface area contributed by atoms with E-state index < -0.39 is 5.97 Å². The summed E-state index contributed by atoms with van der Waals surface area (Å²) in [6, 6.07) is 15.0. The lowest BCUT2D eigenvalue weighted by Crippen LogP contribution is -2.11. The van der Waals surface area contributed by atoms with Crippen LogP contribution in [0.15, 0.2) is 48.5 Å². The third kappa shape index (κ3) is 4.32. The number of aryl methyl sites for hydroxylation is 2. The van der Waals surface area contributed by atoms with Crippen molar-refractivity contribution in [2.45, 2.75) is 20.5 Å². The molecule has 3 aromatic rings. The summed E-state index contributed by atoms with van der Waals surface area (Å²) in [5, 5.41) is 3.06. The zero-order valence-electron chi connectivity index (χ0n) is 14.6. The molecule has 0 fully saturated rings. The van der Waals surface area contributed by atoms with Gasteiger partial charge in [0, 0.05) is 5.69 Å². The van der Waals surface area contributed by atoms with E-state index in [1.165, 1.54) is 0 Å². The zero-order valence-corrected chi connectivity index (χ0v) is 14.6. The van der Waals surface area contributed by atoms with E-state index >= 15 is 0 Å². The molecule has 7 heteroatoms. The number of hydrogen-bond acceptors (Lipinski definition) is 7. The lowest BCUT2D eigenvalue weighted by Gasteiger charge is -2.09. The highest BCUT2D eigenvalue weighted by molar-refractivity contribution is 5.90. The lowest BCUT2D eigenvalue weighted by atomic mass is 10.1. The Bertz CT molecular complexity index is 925. The molecule has 0 amide bonds. The average Bonchev–Trinajstić information content (AvgIpc) is 2.62. The highest BCUT2D eigenvalue weighted by atomic mass is 16.5. The van der Waals surface area contributed by atoms with Crippen LogP contribution in [0.4, 0.5) is 17.6 Å². The van der Waals surface area contributed by atoms with Crippen molar-refractivity contribution in [1.29, 1.82) is 0 Å². The molecule has 7 nitrogen and oxygen atoms in total. The first-order valence-corrected chi connectivity index (χ1v) is 8.08. The number of carbonyl (C=O) groups is 1. The molecular formula is C19H19N5O2. The molecule has 0 saturated carbocycles. The molecule has 1 aromatic heterocycles. The fourth-order valence-corrected chi connectivity index (χ4v) is 2.33. The first-order valence-electron chi connectivity index (χ1n) is 8.08. The molecule has 3 rings (SSSR count). The SMILES string of the molecule is Cc1ccc(Nc2nc(N)nc(COC(=O)c3ccccc3C)n2)cc1. The molecule has 0 aliphatic heterocycles. The van der Waals surface area contributed by atoms with Gasteiger partial charge >= 0.3 is 5.97 Å². The number of aromatic nitrogens is 3. The minimum atomic E-state index is -0.435. The Labute approximate surface area is 151 Å². The number of ether oxygens (including phenoxy) is 1. The topological polar surface area (TPSA) is 103 Å². The average molecular weight is 349 g/mol. The smallest absolute Gasteiger partial charge is 0.338 e. The predicted octanol–water partition coefficient (Wildman–Crippen LogP) is 3.17. The number of nitrogen functional groups attached to an aromatic ring is 1. The number of nitrogens with one attached hydrogen (secondary N) is 1. The van der Waals surface area contributed by atoms with Gasteiger partial charge in [-0.3, -0.25) is 0 Å². The Morgan fingerprint density at radius 2 is 1.77 bits per heavy atom. The van der Waals surface area contributed by atoms with Crippen molar-refractivity contribution in [3.05, 3.63) is 71.0 Å². The Balaban J connectivity index is 1.70. The largest absolute Gasteiger partial charge is 0.454 e. The van der Waals surface area contributed by atoms with E-state index in [-0.39, 0.29) is 18.4 Å². The van der Waals surface area contributed by atoms with Crippen molar-refractivity contribution in [1.82, 2.24) is 15.0 Å². The summed E-state index contributed by atoms with van der Waals surface area (Å²) in [5.41, 5.74) is 9.06. The second-order valence-corrected chi connectivity index (χ2v) is 5.82. The number of nitrogens with zero attached hydrogens (tertiary/aromatic N) is 3. The molecule has 26 heavy (non-hydrogen) atoms. The third-order valence-corrected chi connectivity index (χ3v) is 3.70. The van der Waals surface area contributed by atoms with E-state index in [9.17, 15) is 4.79 Å². The molecule has 0 unspecified atom stereocenters. The fraction of sp³-hybridized carbons (Fsp3) is 0.158. The molecule has 0 aliphatic rings. The van der Waals surface area contributed by atoms with Crippen LogP contribution in [-0.2, 0) is 11.3 Å². The van der Waals surface area contributed by atoms with Crippen LogP contribution in [0.1, 0.15) is 27.3 Å². The van der Waals surface area contributed by atoms with Crippen LogP contribution < -0.4 is 11.1 Å². The number of rotatable bonds is 5. The summed E-state index contributed by atoms with van der Waals surface area (Å²) >= 11 is 0. The van der Waals surface area contributed by atoms with Crippen LogP contribution in [0.25, 0.3) is 0 Å². The normalized spacial score (nSPS) is 10.4. The summed E-state index contributed by atoms with van der Waals surface area (Å²) in [5.74, 6) is 0.184. The van der Waals surface area contributed by atoms with Crippen molar-refractivity contribution >= 4 is 23.6 Å². The fourth-order valence-electron chi connectivity index (χ4n) is 2.33. The van der Waals surface area contributed by atoms with Gasteiger partial charge in [-0.05, 0) is 37.6 Å². The van der Waals surface area contributed by atoms with Crippen LogP contribution >= 0.6 is 0 Å². The van der Waals surface area contributed by atoms with E-state index in [0.29, 0.717) is 11.5 Å². The summed E-state index contributed by atoms with van der Waals surface area (Å²) in [4.78, 5) is 24.5. The number of nitrogens with two attached hydrogens (primary N) is 1. The van der Waals surface area contributed by atoms with Gasteiger partial charge in [-0.15, -0.1) is 0 Å². The Hall–Kier alpha value is -3.48. The Kier molecular flexibility index (Phi) is 5.07.